The maximum absolute atomic E-state index is 12.5. The third kappa shape index (κ3) is 2.82. The molecule has 0 saturated carbocycles. The number of pyridine rings is 1. The lowest BCUT2D eigenvalue weighted by atomic mass is 9.81. The average molecular weight is 327 g/mol. The van der Waals surface area contributed by atoms with E-state index in [-0.39, 0.29) is 17.3 Å². The number of carbonyl (C=O) groups excluding carboxylic acids is 2. The third-order valence-corrected chi connectivity index (χ3v) is 4.30. The van der Waals surface area contributed by atoms with Crippen LogP contribution in [0.2, 0.25) is 0 Å². The molecular weight excluding hydrogens is 310 g/mol. The Hall–Kier alpha value is -2.89. The topological polar surface area (TPSA) is 85.5 Å². The molecule has 1 aliphatic rings. The van der Waals surface area contributed by atoms with Crippen molar-refractivity contribution in [3.63, 3.8) is 0 Å². The largest absolute Gasteiger partial charge is 0.497 e. The Morgan fingerprint density at radius 2 is 1.83 bits per heavy atom. The SMILES string of the molecule is COC(=O)c1cc2c([nH]c1=O)C[C@H](c1ccc(OC)cc1)CC2=O. The Kier molecular flexibility index (Phi) is 4.20. The number of hydrogen-bond acceptors (Lipinski definition) is 5. The summed E-state index contributed by atoms with van der Waals surface area (Å²) in [5, 5.41) is 0. The minimum atomic E-state index is -0.746. The first-order valence-corrected chi connectivity index (χ1v) is 7.55. The molecule has 6 nitrogen and oxygen atoms in total. The van der Waals surface area contributed by atoms with Crippen molar-refractivity contribution in [2.45, 2.75) is 18.8 Å². The number of ether oxygens (including phenoxy) is 2. The maximum Gasteiger partial charge on any atom is 0.343 e. The molecule has 6 heteroatoms. The van der Waals surface area contributed by atoms with Crippen LogP contribution in [-0.2, 0) is 11.2 Å². The van der Waals surface area contributed by atoms with E-state index in [9.17, 15) is 14.4 Å². The number of ketones is 1. The van der Waals surface area contributed by atoms with E-state index in [1.807, 2.05) is 24.3 Å². The van der Waals surface area contributed by atoms with Gasteiger partial charge in [-0.1, -0.05) is 12.1 Å². The summed E-state index contributed by atoms with van der Waals surface area (Å²) in [6.45, 7) is 0. The Bertz CT molecular complexity index is 851. The van der Waals surface area contributed by atoms with Gasteiger partial charge >= 0.3 is 5.97 Å². The third-order valence-electron chi connectivity index (χ3n) is 4.30. The second-order valence-electron chi connectivity index (χ2n) is 5.70. The van der Waals surface area contributed by atoms with Crippen LogP contribution >= 0.6 is 0 Å². The monoisotopic (exact) mass is 327 g/mol. The summed E-state index contributed by atoms with van der Waals surface area (Å²) in [5.41, 5.74) is 1.27. The number of hydrogen-bond donors (Lipinski definition) is 1. The number of rotatable bonds is 3. The van der Waals surface area contributed by atoms with Crippen LogP contribution in [0.3, 0.4) is 0 Å². The number of benzene rings is 1. The fraction of sp³-hybridized carbons (Fsp3) is 0.278. The Morgan fingerprint density at radius 1 is 1.12 bits per heavy atom. The fourth-order valence-electron chi connectivity index (χ4n) is 3.00. The molecule has 1 N–H and O–H groups in total. The van der Waals surface area contributed by atoms with Crippen LogP contribution in [0.5, 0.6) is 5.75 Å². The summed E-state index contributed by atoms with van der Waals surface area (Å²) < 4.78 is 9.71. The van der Waals surface area contributed by atoms with Crippen molar-refractivity contribution in [3.05, 3.63) is 63.1 Å². The van der Waals surface area contributed by atoms with E-state index in [2.05, 4.69) is 9.72 Å². The van der Waals surface area contributed by atoms with Crippen LogP contribution in [0.1, 0.15) is 44.3 Å². The number of esters is 1. The van der Waals surface area contributed by atoms with Gasteiger partial charge in [-0.25, -0.2) is 4.79 Å². The lowest BCUT2D eigenvalue weighted by Crippen LogP contribution is -2.27. The van der Waals surface area contributed by atoms with Gasteiger partial charge in [0.1, 0.15) is 11.3 Å². The molecule has 3 rings (SSSR count). The van der Waals surface area contributed by atoms with Crippen molar-refractivity contribution in [2.24, 2.45) is 0 Å². The number of aromatic nitrogens is 1. The molecule has 2 aromatic rings. The van der Waals surface area contributed by atoms with E-state index in [1.54, 1.807) is 7.11 Å². The predicted molar refractivity (Wildman–Crippen MR) is 86.8 cm³/mol. The summed E-state index contributed by atoms with van der Waals surface area (Å²) in [7, 11) is 2.79. The van der Waals surface area contributed by atoms with E-state index in [1.165, 1.54) is 13.2 Å². The summed E-state index contributed by atoms with van der Waals surface area (Å²) >= 11 is 0. The van der Waals surface area contributed by atoms with Crippen molar-refractivity contribution in [2.75, 3.05) is 14.2 Å². The van der Waals surface area contributed by atoms with Gasteiger partial charge in [0.2, 0.25) is 0 Å². The zero-order chi connectivity index (χ0) is 17.3. The van der Waals surface area contributed by atoms with Crippen molar-refractivity contribution in [1.82, 2.24) is 4.98 Å². The van der Waals surface area contributed by atoms with Crippen molar-refractivity contribution in [1.29, 1.82) is 0 Å². The Labute approximate surface area is 138 Å². The van der Waals surface area contributed by atoms with Crippen LogP contribution in [-0.4, -0.2) is 31.0 Å². The van der Waals surface area contributed by atoms with Gasteiger partial charge in [0.15, 0.2) is 5.78 Å². The number of Topliss-reactive ketones (excluding diaryl/α,β-unsaturated/α-hetero) is 1. The highest BCUT2D eigenvalue weighted by Crippen LogP contribution is 2.32. The molecule has 0 unspecified atom stereocenters. The highest BCUT2D eigenvalue weighted by atomic mass is 16.5. The molecule has 0 bridgehead atoms. The van der Waals surface area contributed by atoms with E-state index in [4.69, 9.17) is 4.74 Å². The molecule has 24 heavy (non-hydrogen) atoms. The molecule has 0 amide bonds. The molecule has 1 heterocycles. The molecular formula is C18H17NO5. The molecule has 1 aliphatic carbocycles. The first kappa shape index (κ1) is 16.0. The standard InChI is InChI=1S/C18H17NO5/c1-23-12-5-3-10(4-6-12)11-7-15-13(16(20)8-11)9-14(17(21)19-15)18(22)24-2/h3-6,9,11H,7-8H2,1-2H3,(H,19,21)/t11-/m0/s1. The minimum Gasteiger partial charge on any atom is -0.497 e. The zero-order valence-corrected chi connectivity index (χ0v) is 13.4. The lowest BCUT2D eigenvalue weighted by Gasteiger charge is -2.24. The molecule has 0 saturated heterocycles. The number of nitrogens with one attached hydrogen (secondary N) is 1. The summed E-state index contributed by atoms with van der Waals surface area (Å²) in [6.07, 6.45) is 0.857. The predicted octanol–water partition coefficient (Wildman–Crippen LogP) is 2.08. The van der Waals surface area contributed by atoms with Gasteiger partial charge < -0.3 is 14.5 Å². The van der Waals surface area contributed by atoms with Crippen LogP contribution in [0, 0.1) is 0 Å². The Balaban J connectivity index is 1.95. The van der Waals surface area contributed by atoms with Gasteiger partial charge in [-0.05, 0) is 36.1 Å². The van der Waals surface area contributed by atoms with Gasteiger partial charge in [-0.15, -0.1) is 0 Å². The van der Waals surface area contributed by atoms with Crippen LogP contribution < -0.4 is 10.3 Å². The summed E-state index contributed by atoms with van der Waals surface area (Å²) in [4.78, 5) is 38.8. The Morgan fingerprint density at radius 3 is 2.46 bits per heavy atom. The molecule has 0 spiro atoms. The number of fused-ring (bicyclic) bond motifs is 1. The molecule has 124 valence electrons. The van der Waals surface area contributed by atoms with E-state index in [0.29, 0.717) is 24.1 Å². The number of methoxy groups -OCH3 is 2. The number of carbonyl (C=O) groups is 2. The molecule has 1 aromatic carbocycles. The first-order valence-electron chi connectivity index (χ1n) is 7.55. The quantitative estimate of drug-likeness (QED) is 0.873. The van der Waals surface area contributed by atoms with Crippen LogP contribution in [0.25, 0.3) is 0 Å². The van der Waals surface area contributed by atoms with E-state index < -0.39 is 11.5 Å². The maximum atomic E-state index is 12.5. The molecule has 0 aliphatic heterocycles. The average Bonchev–Trinajstić information content (AvgIpc) is 2.60. The second kappa shape index (κ2) is 6.31. The summed E-state index contributed by atoms with van der Waals surface area (Å²) in [6, 6.07) is 8.87. The number of H-pyrrole nitrogens is 1. The minimum absolute atomic E-state index is 0.0180. The second-order valence-corrected chi connectivity index (χ2v) is 5.70. The van der Waals surface area contributed by atoms with Gasteiger partial charge in [0, 0.05) is 17.7 Å². The molecule has 0 radical (unpaired) electrons. The number of aromatic amines is 1. The van der Waals surface area contributed by atoms with Crippen molar-refractivity contribution < 1.29 is 19.1 Å². The molecule has 1 aromatic heterocycles. The van der Waals surface area contributed by atoms with Crippen molar-refractivity contribution >= 4 is 11.8 Å². The van der Waals surface area contributed by atoms with Crippen molar-refractivity contribution in [3.8, 4) is 5.75 Å². The van der Waals surface area contributed by atoms with Gasteiger partial charge in [-0.3, -0.25) is 9.59 Å². The van der Waals surface area contributed by atoms with Gasteiger partial charge in [0.05, 0.1) is 14.2 Å². The highest BCUT2D eigenvalue weighted by molar-refractivity contribution is 6.01. The van der Waals surface area contributed by atoms with Gasteiger partial charge in [0.25, 0.3) is 5.56 Å². The van der Waals surface area contributed by atoms with E-state index in [0.717, 1.165) is 11.3 Å². The zero-order valence-electron chi connectivity index (χ0n) is 13.4. The van der Waals surface area contributed by atoms with Gasteiger partial charge in [-0.2, -0.15) is 0 Å². The lowest BCUT2D eigenvalue weighted by molar-refractivity contribution is 0.0598. The van der Waals surface area contributed by atoms with Crippen LogP contribution in [0.4, 0.5) is 0 Å². The summed E-state index contributed by atoms with van der Waals surface area (Å²) in [5.74, 6) is -0.115. The first-order chi connectivity index (χ1) is 11.5. The highest BCUT2D eigenvalue weighted by Gasteiger charge is 2.29. The molecule has 1 atom stereocenters. The van der Waals surface area contributed by atoms with E-state index >= 15 is 0 Å². The molecule has 0 fully saturated rings. The van der Waals surface area contributed by atoms with Crippen LogP contribution in [0.15, 0.2) is 35.1 Å². The fourth-order valence-corrected chi connectivity index (χ4v) is 3.00. The smallest absolute Gasteiger partial charge is 0.343 e. The normalized spacial score (nSPS) is 16.4.